The van der Waals surface area contributed by atoms with Crippen LogP contribution >= 0.6 is 35.3 Å². The number of thiophene rings is 1. The fourth-order valence-electron chi connectivity index (χ4n) is 3.12. The number of hydrogen-bond acceptors (Lipinski definition) is 4. The van der Waals surface area contributed by atoms with Crippen LogP contribution in [0.5, 0.6) is 0 Å². The average molecular weight is 428 g/mol. The lowest BCUT2D eigenvalue weighted by molar-refractivity contribution is 0.0702. The molecule has 2 N–H and O–H groups in total. The Bertz CT molecular complexity index is 825. The van der Waals surface area contributed by atoms with Gasteiger partial charge >= 0.3 is 0 Å². The summed E-state index contributed by atoms with van der Waals surface area (Å²) in [5.74, 6) is -0.241. The van der Waals surface area contributed by atoms with E-state index in [4.69, 9.17) is 11.6 Å². The third kappa shape index (κ3) is 5.02. The van der Waals surface area contributed by atoms with Gasteiger partial charge in [0.2, 0.25) is 0 Å². The second-order valence-electron chi connectivity index (χ2n) is 6.44. The van der Waals surface area contributed by atoms with Crippen molar-refractivity contribution in [2.75, 3.05) is 25.5 Å². The van der Waals surface area contributed by atoms with Crippen LogP contribution in [-0.4, -0.2) is 42.9 Å². The molecule has 1 aliphatic rings. The fourth-order valence-corrected chi connectivity index (χ4v) is 4.38. The van der Waals surface area contributed by atoms with E-state index in [2.05, 4.69) is 10.6 Å². The molecule has 0 bridgehead atoms. The van der Waals surface area contributed by atoms with Gasteiger partial charge in [-0.25, -0.2) is 0 Å². The number of anilines is 1. The van der Waals surface area contributed by atoms with Crippen LogP contribution in [0.15, 0.2) is 30.3 Å². The molecule has 0 spiro atoms. The van der Waals surface area contributed by atoms with Crippen LogP contribution in [0.3, 0.4) is 0 Å². The first-order valence-electron chi connectivity index (χ1n) is 8.62. The van der Waals surface area contributed by atoms with Crippen molar-refractivity contribution in [3.63, 3.8) is 0 Å². The maximum Gasteiger partial charge on any atom is 0.264 e. The maximum atomic E-state index is 12.9. The molecule has 3 rings (SSSR count). The summed E-state index contributed by atoms with van der Waals surface area (Å²) in [7, 11) is 1.93. The van der Waals surface area contributed by atoms with Crippen molar-refractivity contribution in [2.45, 2.75) is 25.8 Å². The van der Waals surface area contributed by atoms with E-state index in [1.54, 1.807) is 24.3 Å². The molecular weight excluding hydrogens is 405 g/mol. The first-order valence-corrected chi connectivity index (χ1v) is 9.82. The van der Waals surface area contributed by atoms with E-state index in [1.165, 1.54) is 11.3 Å². The Morgan fingerprint density at radius 3 is 2.74 bits per heavy atom. The maximum absolute atomic E-state index is 12.9. The molecule has 1 saturated heterocycles. The third-order valence-corrected chi connectivity index (χ3v) is 6.05. The van der Waals surface area contributed by atoms with E-state index in [9.17, 15) is 9.59 Å². The van der Waals surface area contributed by atoms with E-state index < -0.39 is 0 Å². The Morgan fingerprint density at radius 2 is 2.04 bits per heavy atom. The molecule has 0 aliphatic carbocycles. The summed E-state index contributed by atoms with van der Waals surface area (Å²) in [6, 6.07) is 9.08. The van der Waals surface area contributed by atoms with Crippen molar-refractivity contribution in [1.82, 2.24) is 10.2 Å². The predicted octanol–water partition coefficient (Wildman–Crippen LogP) is 4.21. The number of benzene rings is 1. The number of carbonyl (C=O) groups excluding carboxylic acids is 2. The topological polar surface area (TPSA) is 61.4 Å². The monoisotopic (exact) mass is 427 g/mol. The van der Waals surface area contributed by atoms with Crippen molar-refractivity contribution in [1.29, 1.82) is 0 Å². The fraction of sp³-hybridized carbons (Fsp3) is 0.368. The van der Waals surface area contributed by atoms with Crippen molar-refractivity contribution < 1.29 is 9.59 Å². The number of carbonyl (C=O) groups is 2. The van der Waals surface area contributed by atoms with Crippen molar-refractivity contribution in [3.8, 4) is 0 Å². The minimum Gasteiger partial charge on any atom is -0.336 e. The van der Waals surface area contributed by atoms with Gasteiger partial charge in [0.1, 0.15) is 0 Å². The molecule has 1 aromatic carbocycles. The van der Waals surface area contributed by atoms with Crippen LogP contribution in [-0.2, 0) is 0 Å². The number of likely N-dealkylation sites (tertiary alicyclic amines) is 1. The molecule has 1 aliphatic heterocycles. The van der Waals surface area contributed by atoms with Crippen LogP contribution in [0.25, 0.3) is 0 Å². The van der Waals surface area contributed by atoms with Crippen LogP contribution in [0.4, 0.5) is 5.00 Å². The lowest BCUT2D eigenvalue weighted by Crippen LogP contribution is -2.46. The Hall–Kier alpha value is -1.60. The minimum atomic E-state index is -0.274. The highest BCUT2D eigenvalue weighted by Gasteiger charge is 2.26. The Morgan fingerprint density at radius 1 is 1.30 bits per heavy atom. The van der Waals surface area contributed by atoms with E-state index >= 15 is 0 Å². The number of aryl methyl sites for hydroxylation is 1. The van der Waals surface area contributed by atoms with Gasteiger partial charge in [-0.2, -0.15) is 0 Å². The second kappa shape index (κ2) is 9.55. The third-order valence-electron chi connectivity index (χ3n) is 4.58. The number of nitrogens with zero attached hydrogens (tertiary/aromatic N) is 1. The van der Waals surface area contributed by atoms with Crippen LogP contribution in [0.2, 0.25) is 5.02 Å². The Balaban J connectivity index is 0.00000261. The zero-order chi connectivity index (χ0) is 18.7. The lowest BCUT2D eigenvalue weighted by atomic mass is 10.1. The molecule has 1 atom stereocenters. The van der Waals surface area contributed by atoms with Crippen LogP contribution < -0.4 is 10.6 Å². The van der Waals surface area contributed by atoms with Crippen LogP contribution in [0, 0.1) is 6.92 Å². The molecule has 2 amide bonds. The standard InChI is InChI=1S/C19H22ClN3O2S.ClH/c1-12-10-16(22-18(24)14-7-3-4-8-15(14)20)26-17(12)19(25)23-9-5-6-13(11-23)21-2;/h3-4,7-8,10,13,21H,5-6,9,11H2,1-2H3,(H,22,24);1H. The van der Waals surface area contributed by atoms with Gasteiger partial charge in [0.05, 0.1) is 20.5 Å². The smallest absolute Gasteiger partial charge is 0.264 e. The van der Waals surface area contributed by atoms with Crippen LogP contribution in [0.1, 0.15) is 38.4 Å². The highest BCUT2D eigenvalue weighted by molar-refractivity contribution is 7.18. The van der Waals surface area contributed by atoms with E-state index in [1.807, 2.05) is 24.9 Å². The molecule has 0 radical (unpaired) electrons. The Labute approximate surface area is 174 Å². The van der Waals surface area contributed by atoms with E-state index in [0.29, 0.717) is 33.1 Å². The largest absolute Gasteiger partial charge is 0.336 e. The molecule has 0 saturated carbocycles. The summed E-state index contributed by atoms with van der Waals surface area (Å²) in [6.45, 7) is 3.39. The Kier molecular flexibility index (Phi) is 7.68. The van der Waals surface area contributed by atoms with Gasteiger partial charge in [-0.15, -0.1) is 23.7 Å². The molecule has 5 nitrogen and oxygen atoms in total. The molecule has 146 valence electrons. The molecule has 8 heteroatoms. The van der Waals surface area contributed by atoms with E-state index in [-0.39, 0.29) is 24.2 Å². The number of piperidine rings is 1. The SMILES string of the molecule is CNC1CCCN(C(=O)c2sc(NC(=O)c3ccccc3Cl)cc2C)C1.Cl. The minimum absolute atomic E-state index is 0. The molecule has 1 unspecified atom stereocenters. The molecule has 2 aromatic rings. The molecule has 27 heavy (non-hydrogen) atoms. The van der Waals surface area contributed by atoms with Crippen molar-refractivity contribution >= 4 is 52.2 Å². The molecule has 1 fully saturated rings. The first kappa shape index (κ1) is 21.7. The van der Waals surface area contributed by atoms with E-state index in [0.717, 1.165) is 24.9 Å². The number of rotatable bonds is 4. The molecule has 1 aromatic heterocycles. The van der Waals surface area contributed by atoms with Gasteiger partial charge in [0.25, 0.3) is 11.8 Å². The highest BCUT2D eigenvalue weighted by atomic mass is 35.5. The van der Waals surface area contributed by atoms with Gasteiger partial charge in [0, 0.05) is 19.1 Å². The average Bonchev–Trinajstić information content (AvgIpc) is 3.01. The van der Waals surface area contributed by atoms with Crippen molar-refractivity contribution in [3.05, 3.63) is 51.4 Å². The van der Waals surface area contributed by atoms with Gasteiger partial charge < -0.3 is 15.5 Å². The zero-order valence-electron chi connectivity index (χ0n) is 15.3. The number of nitrogens with one attached hydrogen (secondary N) is 2. The van der Waals surface area contributed by atoms with Gasteiger partial charge in [-0.05, 0) is 50.6 Å². The zero-order valence-corrected chi connectivity index (χ0v) is 17.6. The normalized spacial score (nSPS) is 16.6. The highest BCUT2D eigenvalue weighted by Crippen LogP contribution is 2.29. The van der Waals surface area contributed by atoms with Gasteiger partial charge in [0.15, 0.2) is 0 Å². The summed E-state index contributed by atoms with van der Waals surface area (Å²) < 4.78 is 0. The number of likely N-dealkylation sites (N-methyl/N-ethyl adjacent to an activating group) is 1. The quantitative estimate of drug-likeness (QED) is 0.767. The number of amides is 2. The number of halogens is 2. The molecule has 2 heterocycles. The molecular formula is C19H23Cl2N3O2S. The van der Waals surface area contributed by atoms with Crippen molar-refractivity contribution in [2.24, 2.45) is 0 Å². The summed E-state index contributed by atoms with van der Waals surface area (Å²) >= 11 is 7.39. The van der Waals surface area contributed by atoms with Gasteiger partial charge in [-0.3, -0.25) is 9.59 Å². The first-order chi connectivity index (χ1) is 12.5. The predicted molar refractivity (Wildman–Crippen MR) is 114 cm³/mol. The number of hydrogen-bond donors (Lipinski definition) is 2. The summed E-state index contributed by atoms with van der Waals surface area (Å²) in [5, 5.41) is 7.15. The summed E-state index contributed by atoms with van der Waals surface area (Å²) in [4.78, 5) is 27.9. The van der Waals surface area contributed by atoms with Gasteiger partial charge in [-0.1, -0.05) is 23.7 Å². The summed E-state index contributed by atoms with van der Waals surface area (Å²) in [5.41, 5.74) is 1.29. The summed E-state index contributed by atoms with van der Waals surface area (Å²) in [6.07, 6.45) is 2.08. The lowest BCUT2D eigenvalue weighted by Gasteiger charge is -2.32. The second-order valence-corrected chi connectivity index (χ2v) is 7.90.